The van der Waals surface area contributed by atoms with Crippen molar-refractivity contribution < 1.29 is 43.6 Å². The van der Waals surface area contributed by atoms with Gasteiger partial charge in [-0.1, -0.05) is 134 Å². The maximum absolute atomic E-state index is 6.94. The summed E-state index contributed by atoms with van der Waals surface area (Å²) in [6, 6.07) is 75.9. The van der Waals surface area contributed by atoms with Gasteiger partial charge in [0.25, 0.3) is 0 Å². The molecule has 0 amide bonds. The predicted molar refractivity (Wildman–Crippen MR) is 266 cm³/mol. The van der Waals surface area contributed by atoms with E-state index in [1.807, 2.05) is 48.5 Å². The number of aromatic nitrogens is 6. The molecule has 0 aliphatic heterocycles. The van der Waals surface area contributed by atoms with Crippen LogP contribution in [-0.2, 0) is 34.1 Å². The molecule has 2 heterocycles. The molecular weight excluding hydrogens is 954 g/mol. The molecule has 0 atom stereocenters. The van der Waals surface area contributed by atoms with Gasteiger partial charge in [0.15, 0.2) is 11.5 Å². The quantitative estimate of drug-likeness (QED) is 0.0761. The van der Waals surface area contributed by atoms with E-state index in [9.17, 15) is 0 Å². The minimum absolute atomic E-state index is 0. The molecule has 0 N–H and O–H groups in total. The van der Waals surface area contributed by atoms with Gasteiger partial charge in [-0.25, -0.2) is 0 Å². The van der Waals surface area contributed by atoms with Crippen LogP contribution in [0.15, 0.2) is 244 Å². The molecule has 0 spiro atoms. The van der Waals surface area contributed by atoms with E-state index in [4.69, 9.17) is 9.47 Å². The Morgan fingerprint density at radius 2 is 0.621 bits per heavy atom. The topological polar surface area (TPSA) is 98.2 Å². The average molecular weight is 1000 g/mol. The summed E-state index contributed by atoms with van der Waals surface area (Å²) in [5.74, 6) is 3.39. The number of hydrogen-bond acceptors (Lipinski definition) is 6. The zero-order valence-corrected chi connectivity index (χ0v) is 39.5. The van der Waals surface area contributed by atoms with Crippen LogP contribution in [0.3, 0.4) is 0 Å². The smallest absolute Gasteiger partial charge is 0.575 e. The second-order valence-corrected chi connectivity index (χ2v) is 18.7. The third kappa shape index (κ3) is 14.7. The number of benzene rings is 8. The van der Waals surface area contributed by atoms with Crippen molar-refractivity contribution in [3.05, 3.63) is 269 Å². The molecule has 8 aromatic carbocycles. The maximum Gasteiger partial charge on any atom is 1.00 e. The van der Waals surface area contributed by atoms with Gasteiger partial charge < -0.3 is 29.6 Å². The van der Waals surface area contributed by atoms with Gasteiger partial charge in [-0.3, -0.25) is 10.2 Å². The van der Waals surface area contributed by atoms with Crippen molar-refractivity contribution >= 4 is 47.7 Å². The van der Waals surface area contributed by atoms with Gasteiger partial charge in [0.05, 0.1) is 0 Å². The minimum atomic E-state index is -1.28. The molecule has 0 fully saturated rings. The maximum atomic E-state index is 6.94. The Bertz CT molecular complexity index is 2520. The molecule has 0 bridgehead atoms. The summed E-state index contributed by atoms with van der Waals surface area (Å²) >= 11 is 0. The van der Waals surface area contributed by atoms with Gasteiger partial charge in [0, 0.05) is 41.2 Å². The number of rotatable bonds is 10. The van der Waals surface area contributed by atoms with Crippen LogP contribution in [0.5, 0.6) is 23.0 Å². The Kier molecular flexibility index (Phi) is 21.0. The second kappa shape index (κ2) is 27.6. The van der Waals surface area contributed by atoms with E-state index >= 15 is 0 Å². The summed E-state index contributed by atoms with van der Waals surface area (Å²) in [6.45, 7) is 7.80. The zero-order valence-electron chi connectivity index (χ0n) is 35.6. The summed E-state index contributed by atoms with van der Waals surface area (Å²) in [7, 11) is -2.56. The van der Waals surface area contributed by atoms with E-state index in [0.717, 1.165) is 34.1 Å². The van der Waals surface area contributed by atoms with Crippen LogP contribution in [0.2, 0.25) is 0 Å². The average Bonchev–Trinajstić information content (AvgIpc) is 4.15. The fourth-order valence-corrected chi connectivity index (χ4v) is 11.9. The zero-order chi connectivity index (χ0) is 44.0. The first kappa shape index (κ1) is 50.3. The van der Waals surface area contributed by atoms with Crippen LogP contribution in [0.25, 0.3) is 0 Å². The predicted octanol–water partition coefficient (Wildman–Crippen LogP) is 9.17. The van der Waals surface area contributed by atoms with Gasteiger partial charge in [0.2, 0.25) is 0 Å². The molecule has 0 saturated heterocycles. The summed E-state index contributed by atoms with van der Waals surface area (Å²) < 4.78 is 12.7. The Balaban J connectivity index is 0.000000246. The largest absolute Gasteiger partial charge is 1.00 e. The standard InChI is InChI=1S/C36H28OP2.C14H12O.2C2H2N3.2Cu/c1-5-17-29(18-6-1)38(30-19-7-2-8-20-30)35-27-15-13-25-33(35)37-34-26-14-16-28-36(34)39(31-21-9-3-10-22-31)32-23-11-4-12-24-32;1-11-7-3-5-9-13(11)15-14-10-6-4-8-12(14)2;2*1-3-2-5-4-1;;/h1-28H;3-10H,1-2H2;2*1-2H;;/q;-2;2*-1;;+1/p+2. The normalized spacial score (nSPS) is 9.97. The van der Waals surface area contributed by atoms with Crippen molar-refractivity contribution in [2.24, 2.45) is 0 Å². The Morgan fingerprint density at radius 3 is 0.894 bits per heavy atom. The number of hydrogen-bond donors (Lipinski definition) is 0. The van der Waals surface area contributed by atoms with Crippen LogP contribution >= 0.6 is 15.8 Å². The van der Waals surface area contributed by atoms with Crippen LogP contribution in [0.4, 0.5) is 0 Å². The molecule has 0 saturated carbocycles. The summed E-state index contributed by atoms with van der Waals surface area (Å²) in [5.41, 5.74) is 1.75. The van der Waals surface area contributed by atoms with Crippen LogP contribution in [-0.4, -0.2) is 20.2 Å². The molecule has 0 aliphatic carbocycles. The van der Waals surface area contributed by atoms with Crippen molar-refractivity contribution in [2.45, 2.75) is 0 Å². The number of nitrogens with zero attached hydrogens (tertiary/aromatic N) is 6. The van der Waals surface area contributed by atoms with E-state index < -0.39 is 15.8 Å². The Labute approximate surface area is 410 Å². The molecule has 337 valence electrons. The molecule has 12 heteroatoms. The third-order valence-corrected chi connectivity index (χ3v) is 15.1. The molecule has 2 aromatic heterocycles. The van der Waals surface area contributed by atoms with Crippen molar-refractivity contribution in [3.8, 4) is 23.0 Å². The molecule has 66 heavy (non-hydrogen) atoms. The van der Waals surface area contributed by atoms with Crippen molar-refractivity contribution in [1.29, 1.82) is 0 Å². The van der Waals surface area contributed by atoms with Crippen molar-refractivity contribution in [3.63, 3.8) is 0 Å². The van der Waals surface area contributed by atoms with Crippen molar-refractivity contribution in [1.82, 2.24) is 30.4 Å². The molecular formula is C54H46Cu2N6O2P2-. The number of ether oxygens (including phenoxy) is 2. The fourth-order valence-electron chi connectivity index (χ4n) is 6.64. The first-order chi connectivity index (χ1) is 31.7. The summed E-state index contributed by atoms with van der Waals surface area (Å²) in [6.07, 6.45) is 5.56. The Hall–Kier alpha value is -6.72. The Morgan fingerprint density at radius 1 is 0.348 bits per heavy atom. The van der Waals surface area contributed by atoms with Gasteiger partial charge in [0.1, 0.15) is 47.7 Å². The van der Waals surface area contributed by atoms with Crippen LogP contribution < -0.4 is 51.5 Å². The molecule has 0 unspecified atom stereocenters. The fraction of sp³-hybridized carbons (Fsp3) is 0. The van der Waals surface area contributed by atoms with E-state index in [1.54, 1.807) is 0 Å². The van der Waals surface area contributed by atoms with E-state index in [-0.39, 0.29) is 34.1 Å². The SMILES string of the molecule is [CH2-]c1ccccc1Oc1ccccc1[CH2-].[Cu+].[Cu].c1ccc([PH+](c2ccccc2)c2ccccc2Oc2ccccc2[PH+](c2ccccc2)c2ccccc2)cc1.c1nc[n-]n1.c1nc[n-]n1. The first-order valence-electron chi connectivity index (χ1n) is 20.4. The van der Waals surface area contributed by atoms with Gasteiger partial charge in [-0.05, 0) is 72.8 Å². The summed E-state index contributed by atoms with van der Waals surface area (Å²) in [5, 5.41) is 21.3. The molecule has 10 rings (SSSR count). The molecule has 0 aliphatic rings. The second-order valence-electron chi connectivity index (χ2n) is 13.8. The monoisotopic (exact) mass is 998 g/mol. The van der Waals surface area contributed by atoms with Crippen LogP contribution in [0, 0.1) is 13.8 Å². The van der Waals surface area contributed by atoms with Gasteiger partial charge >= 0.3 is 17.1 Å². The number of para-hydroxylation sites is 4. The van der Waals surface area contributed by atoms with E-state index in [2.05, 4.69) is 214 Å². The first-order valence-corrected chi connectivity index (χ1v) is 23.4. The van der Waals surface area contributed by atoms with Crippen molar-refractivity contribution in [2.75, 3.05) is 0 Å². The molecule has 1 radical (unpaired) electrons. The summed E-state index contributed by atoms with van der Waals surface area (Å²) in [4.78, 5) is 7.00. The molecule has 8 nitrogen and oxygen atoms in total. The van der Waals surface area contributed by atoms with E-state index in [1.165, 1.54) is 57.1 Å². The minimum Gasteiger partial charge on any atom is -0.575 e. The van der Waals surface area contributed by atoms with E-state index in [0.29, 0.717) is 0 Å². The van der Waals surface area contributed by atoms with Gasteiger partial charge in [-0.15, -0.1) is 12.1 Å². The third-order valence-electron chi connectivity index (χ3n) is 9.55. The van der Waals surface area contributed by atoms with Crippen LogP contribution in [0.1, 0.15) is 11.1 Å². The molecule has 10 aromatic rings. The van der Waals surface area contributed by atoms with Gasteiger partial charge in [-0.2, -0.15) is 37.1 Å².